The predicted molar refractivity (Wildman–Crippen MR) is 114 cm³/mol. The van der Waals surface area contributed by atoms with Gasteiger partial charge in [0.1, 0.15) is 4.90 Å². The molecule has 1 aliphatic rings. The molecule has 1 heterocycles. The number of sulfonamides is 1. The monoisotopic (exact) mass is 438 g/mol. The average Bonchev–Trinajstić information content (AvgIpc) is 2.72. The highest BCUT2D eigenvalue weighted by atomic mass is 35.5. The first-order valence-corrected chi connectivity index (χ1v) is 12.0. The Morgan fingerprint density at radius 3 is 2.50 bits per heavy atom. The predicted octanol–water partition coefficient (Wildman–Crippen LogP) is 4.04. The molecule has 0 unspecified atom stereocenters. The Morgan fingerprint density at radius 2 is 1.79 bits per heavy atom. The van der Waals surface area contributed by atoms with E-state index in [1.54, 1.807) is 17.8 Å². The number of thioether (sulfide) groups is 1. The largest absolute Gasteiger partial charge is 0.351 e. The first-order valence-electron chi connectivity index (χ1n) is 9.24. The lowest BCUT2D eigenvalue weighted by Crippen LogP contribution is -2.36. The fourth-order valence-electron chi connectivity index (χ4n) is 3.04. The lowest BCUT2D eigenvalue weighted by atomic mass is 10.2. The van der Waals surface area contributed by atoms with Crippen LogP contribution in [0.5, 0.6) is 0 Å². The number of carbonyl (C=O) groups is 1. The van der Waals surface area contributed by atoms with Crippen LogP contribution in [0.3, 0.4) is 0 Å². The van der Waals surface area contributed by atoms with Crippen LogP contribution in [-0.4, -0.2) is 44.0 Å². The molecule has 28 heavy (non-hydrogen) atoms. The standard InChI is InChI=1S/C20H23ClN2O3S2/c21-18-10-9-16(15-19(18)28(25,26)23-12-5-2-6-13-23)20(24)22-11-14-27-17-7-3-1-4-8-17/h1,3-4,7-10,15H,2,5-6,11-14H2,(H,22,24). The van der Waals surface area contributed by atoms with E-state index in [1.807, 2.05) is 30.3 Å². The van der Waals surface area contributed by atoms with Crippen LogP contribution >= 0.6 is 23.4 Å². The lowest BCUT2D eigenvalue weighted by molar-refractivity contribution is 0.0956. The number of hydrogen-bond acceptors (Lipinski definition) is 4. The van der Waals surface area contributed by atoms with E-state index in [0.29, 0.717) is 25.2 Å². The van der Waals surface area contributed by atoms with Crippen molar-refractivity contribution in [3.8, 4) is 0 Å². The van der Waals surface area contributed by atoms with Gasteiger partial charge >= 0.3 is 0 Å². The molecular formula is C20H23ClN2O3S2. The average molecular weight is 439 g/mol. The fourth-order valence-corrected chi connectivity index (χ4v) is 5.85. The quantitative estimate of drug-likeness (QED) is 0.523. The number of nitrogens with one attached hydrogen (secondary N) is 1. The van der Waals surface area contributed by atoms with Crippen LogP contribution in [0, 0.1) is 0 Å². The zero-order valence-corrected chi connectivity index (χ0v) is 17.8. The first-order chi connectivity index (χ1) is 13.5. The van der Waals surface area contributed by atoms with Gasteiger partial charge in [-0.2, -0.15) is 4.31 Å². The maximum Gasteiger partial charge on any atom is 0.251 e. The van der Waals surface area contributed by atoms with Crippen LogP contribution in [0.25, 0.3) is 0 Å². The van der Waals surface area contributed by atoms with Crippen LogP contribution in [0.4, 0.5) is 0 Å². The summed E-state index contributed by atoms with van der Waals surface area (Å²) in [5, 5.41) is 2.98. The summed E-state index contributed by atoms with van der Waals surface area (Å²) >= 11 is 7.81. The molecule has 5 nitrogen and oxygen atoms in total. The van der Waals surface area contributed by atoms with E-state index < -0.39 is 10.0 Å². The molecule has 0 aromatic heterocycles. The molecule has 3 rings (SSSR count). The molecule has 2 aromatic rings. The van der Waals surface area contributed by atoms with E-state index in [-0.39, 0.29) is 15.8 Å². The lowest BCUT2D eigenvalue weighted by Gasteiger charge is -2.26. The highest BCUT2D eigenvalue weighted by molar-refractivity contribution is 7.99. The van der Waals surface area contributed by atoms with Crippen molar-refractivity contribution in [2.24, 2.45) is 0 Å². The molecule has 1 aliphatic heterocycles. The Labute approximate surface area is 175 Å². The maximum absolute atomic E-state index is 12.9. The van der Waals surface area contributed by atoms with Gasteiger partial charge in [-0.15, -0.1) is 11.8 Å². The van der Waals surface area contributed by atoms with Crippen molar-refractivity contribution in [2.45, 2.75) is 29.1 Å². The van der Waals surface area contributed by atoms with Crippen LogP contribution in [0.1, 0.15) is 29.6 Å². The van der Waals surface area contributed by atoms with Crippen molar-refractivity contribution < 1.29 is 13.2 Å². The minimum Gasteiger partial charge on any atom is -0.351 e. The summed E-state index contributed by atoms with van der Waals surface area (Å²) in [5.41, 5.74) is 0.296. The molecule has 0 aliphatic carbocycles. The highest BCUT2D eigenvalue weighted by Gasteiger charge is 2.28. The second kappa shape index (κ2) is 9.78. The van der Waals surface area contributed by atoms with E-state index in [1.165, 1.54) is 16.4 Å². The SMILES string of the molecule is O=C(NCCSc1ccccc1)c1ccc(Cl)c(S(=O)(=O)N2CCCCC2)c1. The molecule has 1 amide bonds. The third kappa shape index (κ3) is 5.29. The van der Waals surface area contributed by atoms with Gasteiger partial charge in [0.2, 0.25) is 10.0 Å². The van der Waals surface area contributed by atoms with E-state index in [2.05, 4.69) is 5.32 Å². The molecule has 150 valence electrons. The molecule has 0 radical (unpaired) electrons. The van der Waals surface area contributed by atoms with Gasteiger partial charge < -0.3 is 5.32 Å². The number of piperidine rings is 1. The first kappa shape index (κ1) is 21.2. The summed E-state index contributed by atoms with van der Waals surface area (Å²) in [7, 11) is -3.69. The molecule has 0 saturated carbocycles. The van der Waals surface area contributed by atoms with Crippen LogP contribution < -0.4 is 5.32 Å². The number of hydrogen-bond donors (Lipinski definition) is 1. The van der Waals surface area contributed by atoms with E-state index >= 15 is 0 Å². The van der Waals surface area contributed by atoms with Crippen molar-refractivity contribution in [3.05, 3.63) is 59.1 Å². The molecule has 0 bridgehead atoms. The summed E-state index contributed by atoms with van der Waals surface area (Å²) < 4.78 is 27.3. The second-order valence-electron chi connectivity index (χ2n) is 6.53. The van der Waals surface area contributed by atoms with Crippen LogP contribution in [0.2, 0.25) is 5.02 Å². The van der Waals surface area contributed by atoms with Crippen LogP contribution in [-0.2, 0) is 10.0 Å². The summed E-state index contributed by atoms with van der Waals surface area (Å²) in [6.45, 7) is 1.47. The van der Waals surface area contributed by atoms with Gasteiger partial charge in [-0.1, -0.05) is 36.2 Å². The van der Waals surface area contributed by atoms with Gasteiger partial charge in [0.25, 0.3) is 5.91 Å². The van der Waals surface area contributed by atoms with Gasteiger partial charge in [0.05, 0.1) is 5.02 Å². The zero-order valence-electron chi connectivity index (χ0n) is 15.4. The molecule has 1 N–H and O–H groups in total. The number of halogens is 1. The van der Waals surface area contributed by atoms with E-state index in [0.717, 1.165) is 29.9 Å². The second-order valence-corrected chi connectivity index (χ2v) is 10.0. The smallest absolute Gasteiger partial charge is 0.251 e. The Kier molecular flexibility index (Phi) is 7.40. The van der Waals surface area contributed by atoms with Crippen molar-refractivity contribution in [1.29, 1.82) is 0 Å². The Bertz CT molecular complexity index is 914. The van der Waals surface area contributed by atoms with Crippen LogP contribution in [0.15, 0.2) is 58.3 Å². The Hall–Kier alpha value is -1.54. The topological polar surface area (TPSA) is 66.5 Å². The summed E-state index contributed by atoms with van der Waals surface area (Å²) in [6, 6.07) is 14.3. The summed E-state index contributed by atoms with van der Waals surface area (Å²) in [4.78, 5) is 13.6. The zero-order chi connectivity index (χ0) is 20.0. The number of nitrogens with zero attached hydrogens (tertiary/aromatic N) is 1. The van der Waals surface area contributed by atoms with E-state index in [9.17, 15) is 13.2 Å². The van der Waals surface area contributed by atoms with E-state index in [4.69, 9.17) is 11.6 Å². The van der Waals surface area contributed by atoms with Crippen molar-refractivity contribution in [2.75, 3.05) is 25.4 Å². The molecule has 0 atom stereocenters. The maximum atomic E-state index is 12.9. The molecular weight excluding hydrogens is 416 g/mol. The molecule has 1 saturated heterocycles. The summed E-state index contributed by atoms with van der Waals surface area (Å²) in [5.74, 6) is 0.419. The highest BCUT2D eigenvalue weighted by Crippen LogP contribution is 2.28. The number of amides is 1. The third-order valence-corrected chi connectivity index (χ3v) is 7.92. The minimum absolute atomic E-state index is 0.00220. The van der Waals surface area contributed by atoms with Gasteiger partial charge in [-0.25, -0.2) is 8.42 Å². The summed E-state index contributed by atoms with van der Waals surface area (Å²) in [6.07, 6.45) is 2.72. The normalized spacial score (nSPS) is 15.3. The minimum atomic E-state index is -3.69. The number of rotatable bonds is 7. The molecule has 0 spiro atoms. The molecule has 2 aromatic carbocycles. The Balaban J connectivity index is 1.64. The van der Waals surface area contributed by atoms with Crippen molar-refractivity contribution in [1.82, 2.24) is 9.62 Å². The van der Waals surface area contributed by atoms with Crippen molar-refractivity contribution >= 4 is 39.3 Å². The van der Waals surface area contributed by atoms with Crippen molar-refractivity contribution in [3.63, 3.8) is 0 Å². The molecule has 1 fully saturated rings. The number of benzene rings is 2. The third-order valence-electron chi connectivity index (χ3n) is 4.53. The number of carbonyl (C=O) groups excluding carboxylic acids is 1. The molecule has 8 heteroatoms. The fraction of sp³-hybridized carbons (Fsp3) is 0.350. The van der Waals surface area contributed by atoms with Gasteiger partial charge in [-0.3, -0.25) is 4.79 Å². The Morgan fingerprint density at radius 1 is 1.07 bits per heavy atom. The van der Waals surface area contributed by atoms with Gasteiger partial charge in [0.15, 0.2) is 0 Å². The van der Waals surface area contributed by atoms with Gasteiger partial charge in [-0.05, 0) is 43.2 Å². The van der Waals surface area contributed by atoms with Gasteiger partial charge in [0, 0.05) is 35.8 Å².